The van der Waals surface area contributed by atoms with Crippen LogP contribution in [-0.2, 0) is 23.9 Å². The molecule has 92 valence electrons. The van der Waals surface area contributed by atoms with Gasteiger partial charge in [-0.25, -0.2) is 0 Å². The third-order valence-corrected chi connectivity index (χ3v) is 1.90. The second kappa shape index (κ2) is 5.48. The van der Waals surface area contributed by atoms with E-state index in [0.29, 0.717) is 0 Å². The summed E-state index contributed by atoms with van der Waals surface area (Å²) in [6.07, 6.45) is -1.12. The third-order valence-electron chi connectivity index (χ3n) is 1.90. The maximum atomic E-state index is 11.1. The van der Waals surface area contributed by atoms with Gasteiger partial charge in [0.15, 0.2) is 6.10 Å². The lowest BCUT2D eigenvalue weighted by atomic mass is 9.87. The van der Waals surface area contributed by atoms with E-state index in [0.717, 1.165) is 0 Å². The number of rotatable bonds is 5. The first-order valence-electron chi connectivity index (χ1n) is 4.76. The standard InChI is InChI=1S/C10H17NO5/c1-6(12)15-5-10(3,4)8(9(11)14)16-7(2)13/h8H,5H2,1-4H3,(H2,11,14). The molecule has 0 saturated heterocycles. The Labute approximate surface area is 94.1 Å². The lowest BCUT2D eigenvalue weighted by Crippen LogP contribution is -2.46. The van der Waals surface area contributed by atoms with Crippen molar-refractivity contribution in [1.29, 1.82) is 0 Å². The van der Waals surface area contributed by atoms with Crippen molar-refractivity contribution >= 4 is 17.8 Å². The van der Waals surface area contributed by atoms with E-state index >= 15 is 0 Å². The molecule has 0 aliphatic carbocycles. The molecule has 0 spiro atoms. The van der Waals surface area contributed by atoms with E-state index in [4.69, 9.17) is 15.2 Å². The number of hydrogen-bond donors (Lipinski definition) is 1. The molecular weight excluding hydrogens is 214 g/mol. The van der Waals surface area contributed by atoms with Crippen molar-refractivity contribution in [2.45, 2.75) is 33.8 Å². The van der Waals surface area contributed by atoms with Crippen molar-refractivity contribution in [1.82, 2.24) is 0 Å². The first-order valence-corrected chi connectivity index (χ1v) is 4.76. The molecule has 2 N–H and O–H groups in total. The molecule has 0 saturated carbocycles. The Morgan fingerprint density at radius 2 is 1.69 bits per heavy atom. The SMILES string of the molecule is CC(=O)OCC(C)(C)C(OC(C)=O)C(N)=O. The molecule has 0 aromatic heterocycles. The largest absolute Gasteiger partial charge is 0.465 e. The van der Waals surface area contributed by atoms with Crippen LogP contribution in [0, 0.1) is 5.41 Å². The summed E-state index contributed by atoms with van der Waals surface area (Å²) in [6, 6.07) is 0. The van der Waals surface area contributed by atoms with Crippen molar-refractivity contribution in [2.75, 3.05) is 6.61 Å². The van der Waals surface area contributed by atoms with Crippen LogP contribution >= 0.6 is 0 Å². The summed E-state index contributed by atoms with van der Waals surface area (Å²) in [5, 5.41) is 0. The minimum absolute atomic E-state index is 0.0524. The van der Waals surface area contributed by atoms with E-state index in [9.17, 15) is 14.4 Å². The molecule has 0 bridgehead atoms. The number of nitrogens with two attached hydrogens (primary N) is 1. The summed E-state index contributed by atoms with van der Waals surface area (Å²) in [6.45, 7) is 5.62. The van der Waals surface area contributed by atoms with Crippen molar-refractivity contribution in [3.8, 4) is 0 Å². The van der Waals surface area contributed by atoms with Gasteiger partial charge in [0.1, 0.15) is 6.61 Å². The molecule has 6 nitrogen and oxygen atoms in total. The predicted octanol–water partition coefficient (Wildman–Crippen LogP) is -0.00730. The van der Waals surface area contributed by atoms with Gasteiger partial charge in [0.25, 0.3) is 5.91 Å². The normalized spacial score (nSPS) is 12.8. The van der Waals surface area contributed by atoms with E-state index in [1.54, 1.807) is 13.8 Å². The quantitative estimate of drug-likeness (QED) is 0.671. The molecule has 1 atom stereocenters. The monoisotopic (exact) mass is 231 g/mol. The molecular formula is C10H17NO5. The van der Waals surface area contributed by atoms with Gasteiger partial charge < -0.3 is 15.2 Å². The van der Waals surface area contributed by atoms with Gasteiger partial charge in [-0.05, 0) is 0 Å². The molecule has 0 aliphatic heterocycles. The van der Waals surface area contributed by atoms with E-state index in [1.807, 2.05) is 0 Å². The number of carbonyl (C=O) groups excluding carboxylic acids is 3. The second-order valence-corrected chi connectivity index (χ2v) is 4.16. The first-order chi connectivity index (χ1) is 7.16. The summed E-state index contributed by atoms with van der Waals surface area (Å²) in [4.78, 5) is 32.6. The van der Waals surface area contributed by atoms with E-state index < -0.39 is 29.4 Å². The molecule has 1 unspecified atom stereocenters. The van der Waals surface area contributed by atoms with Crippen molar-refractivity contribution in [2.24, 2.45) is 11.1 Å². The summed E-state index contributed by atoms with van der Waals surface area (Å²) in [5.41, 5.74) is 4.26. The average molecular weight is 231 g/mol. The lowest BCUT2D eigenvalue weighted by Gasteiger charge is -2.30. The number of amides is 1. The Morgan fingerprint density at radius 1 is 1.19 bits per heavy atom. The maximum absolute atomic E-state index is 11.1. The predicted molar refractivity (Wildman–Crippen MR) is 55.2 cm³/mol. The number of carbonyl (C=O) groups is 3. The molecule has 6 heteroatoms. The van der Waals surface area contributed by atoms with Gasteiger partial charge >= 0.3 is 11.9 Å². The summed E-state index contributed by atoms with van der Waals surface area (Å²) >= 11 is 0. The van der Waals surface area contributed by atoms with Gasteiger partial charge in [-0.15, -0.1) is 0 Å². The van der Waals surface area contributed by atoms with Crippen LogP contribution in [0.2, 0.25) is 0 Å². The van der Waals surface area contributed by atoms with Gasteiger partial charge in [-0.1, -0.05) is 13.8 Å². The van der Waals surface area contributed by atoms with Gasteiger partial charge in [0.2, 0.25) is 0 Å². The minimum atomic E-state index is -1.12. The fraction of sp³-hybridized carbons (Fsp3) is 0.700. The highest BCUT2D eigenvalue weighted by Gasteiger charge is 2.37. The molecule has 0 heterocycles. The van der Waals surface area contributed by atoms with Crippen LogP contribution < -0.4 is 5.73 Å². The molecule has 1 amide bonds. The third kappa shape index (κ3) is 4.77. The lowest BCUT2D eigenvalue weighted by molar-refractivity contribution is -0.165. The highest BCUT2D eigenvalue weighted by molar-refractivity contribution is 5.82. The highest BCUT2D eigenvalue weighted by atomic mass is 16.6. The van der Waals surface area contributed by atoms with Crippen LogP contribution in [-0.4, -0.2) is 30.6 Å². The molecule has 0 aromatic carbocycles. The fourth-order valence-electron chi connectivity index (χ4n) is 1.13. The molecule has 0 radical (unpaired) electrons. The molecule has 0 aromatic rings. The van der Waals surface area contributed by atoms with Crippen LogP contribution in [0.4, 0.5) is 0 Å². The average Bonchev–Trinajstić information content (AvgIpc) is 2.10. The Hall–Kier alpha value is -1.59. The minimum Gasteiger partial charge on any atom is -0.465 e. The fourth-order valence-corrected chi connectivity index (χ4v) is 1.13. The van der Waals surface area contributed by atoms with E-state index in [2.05, 4.69) is 0 Å². The van der Waals surface area contributed by atoms with Crippen molar-refractivity contribution < 1.29 is 23.9 Å². The second-order valence-electron chi connectivity index (χ2n) is 4.16. The maximum Gasteiger partial charge on any atom is 0.303 e. The van der Waals surface area contributed by atoms with Crippen molar-refractivity contribution in [3.05, 3.63) is 0 Å². The molecule has 16 heavy (non-hydrogen) atoms. The summed E-state index contributed by atoms with van der Waals surface area (Å²) in [5.74, 6) is -1.86. The number of esters is 2. The number of hydrogen-bond acceptors (Lipinski definition) is 5. The Balaban J connectivity index is 4.67. The zero-order valence-corrected chi connectivity index (χ0v) is 9.90. The van der Waals surface area contributed by atoms with Crippen LogP contribution in [0.5, 0.6) is 0 Å². The number of primary amides is 1. The Kier molecular flexibility index (Phi) is 4.94. The van der Waals surface area contributed by atoms with Gasteiger partial charge in [-0.3, -0.25) is 14.4 Å². The highest BCUT2D eigenvalue weighted by Crippen LogP contribution is 2.24. The van der Waals surface area contributed by atoms with Crippen LogP contribution in [0.15, 0.2) is 0 Å². The van der Waals surface area contributed by atoms with E-state index in [1.165, 1.54) is 13.8 Å². The van der Waals surface area contributed by atoms with E-state index in [-0.39, 0.29) is 6.61 Å². The molecule has 0 rings (SSSR count). The zero-order valence-electron chi connectivity index (χ0n) is 9.90. The Bertz CT molecular complexity index is 298. The van der Waals surface area contributed by atoms with Crippen molar-refractivity contribution in [3.63, 3.8) is 0 Å². The van der Waals surface area contributed by atoms with Gasteiger partial charge in [0.05, 0.1) is 0 Å². The molecule has 0 aliphatic rings. The van der Waals surface area contributed by atoms with Crippen LogP contribution in [0.25, 0.3) is 0 Å². The number of ether oxygens (including phenoxy) is 2. The Morgan fingerprint density at radius 3 is 2.00 bits per heavy atom. The summed E-state index contributed by atoms with van der Waals surface area (Å²) < 4.78 is 9.59. The zero-order chi connectivity index (χ0) is 12.9. The molecule has 0 fully saturated rings. The summed E-state index contributed by atoms with van der Waals surface area (Å²) in [7, 11) is 0. The van der Waals surface area contributed by atoms with Gasteiger partial charge in [0, 0.05) is 19.3 Å². The van der Waals surface area contributed by atoms with Crippen LogP contribution in [0.3, 0.4) is 0 Å². The smallest absolute Gasteiger partial charge is 0.303 e. The van der Waals surface area contributed by atoms with Crippen LogP contribution in [0.1, 0.15) is 27.7 Å². The first kappa shape index (κ1) is 14.4. The van der Waals surface area contributed by atoms with Gasteiger partial charge in [-0.2, -0.15) is 0 Å². The topological polar surface area (TPSA) is 95.7 Å².